The van der Waals surface area contributed by atoms with Crippen molar-refractivity contribution in [2.45, 2.75) is 17.5 Å². The second kappa shape index (κ2) is 6.42. The van der Waals surface area contributed by atoms with Crippen LogP contribution in [0.3, 0.4) is 0 Å². The smallest absolute Gasteiger partial charge is 0.262 e. The second-order valence-electron chi connectivity index (χ2n) is 5.33. The van der Waals surface area contributed by atoms with Gasteiger partial charge >= 0.3 is 0 Å². The Kier molecular flexibility index (Phi) is 3.96. The van der Waals surface area contributed by atoms with Gasteiger partial charge in [-0.2, -0.15) is 5.26 Å². The first-order chi connectivity index (χ1) is 12.3. The Bertz CT molecular complexity index is 1140. The van der Waals surface area contributed by atoms with Crippen LogP contribution in [0.5, 0.6) is 0 Å². The van der Waals surface area contributed by atoms with Crippen LogP contribution in [0.4, 0.5) is 0 Å². The van der Waals surface area contributed by atoms with Crippen molar-refractivity contribution in [3.8, 4) is 6.07 Å². The first-order valence-electron chi connectivity index (χ1n) is 7.60. The molecule has 7 heteroatoms. The molecule has 0 N–H and O–H groups in total. The molecule has 0 aliphatic rings. The lowest BCUT2D eigenvalue weighted by Crippen LogP contribution is -2.24. The molecule has 4 aromatic rings. The van der Waals surface area contributed by atoms with Gasteiger partial charge in [0, 0.05) is 0 Å². The van der Waals surface area contributed by atoms with Crippen LogP contribution in [0, 0.1) is 11.3 Å². The molecule has 4 rings (SSSR count). The highest BCUT2D eigenvalue weighted by atomic mass is 32.2. The van der Waals surface area contributed by atoms with E-state index in [1.165, 1.54) is 16.3 Å². The van der Waals surface area contributed by atoms with Crippen molar-refractivity contribution in [1.29, 1.82) is 5.26 Å². The highest BCUT2D eigenvalue weighted by Gasteiger charge is 2.13. The fourth-order valence-electron chi connectivity index (χ4n) is 2.60. The van der Waals surface area contributed by atoms with Crippen LogP contribution in [0.1, 0.15) is 5.82 Å². The summed E-state index contributed by atoms with van der Waals surface area (Å²) in [6.07, 6.45) is 0. The number of rotatable bonds is 4. The summed E-state index contributed by atoms with van der Waals surface area (Å²) in [5.41, 5.74) is 1.91. The Balaban J connectivity index is 1.71. The number of aromatic nitrogens is 3. The Morgan fingerprint density at radius 1 is 1.08 bits per heavy atom. The first-order valence-corrected chi connectivity index (χ1v) is 8.58. The molecule has 0 unspecified atom stereocenters. The van der Waals surface area contributed by atoms with Crippen LogP contribution >= 0.6 is 11.8 Å². The summed E-state index contributed by atoms with van der Waals surface area (Å²) in [6, 6.07) is 16.7. The summed E-state index contributed by atoms with van der Waals surface area (Å²) >= 11 is 1.35. The number of nitrogens with zero attached hydrogens (tertiary/aromatic N) is 4. The normalized spacial score (nSPS) is 11.0. The van der Waals surface area contributed by atoms with E-state index in [9.17, 15) is 4.79 Å². The zero-order valence-corrected chi connectivity index (χ0v) is 13.9. The number of oxazole rings is 1. The predicted octanol–water partition coefficient (Wildman–Crippen LogP) is 3.35. The molecule has 2 aromatic carbocycles. The third kappa shape index (κ3) is 2.88. The SMILES string of the molecule is N#CCn1c(CSc2nc3ccccc3o2)nc2ccccc2c1=O. The maximum absolute atomic E-state index is 12.6. The number of hydrogen-bond donors (Lipinski definition) is 0. The molecule has 0 spiro atoms. The van der Waals surface area contributed by atoms with Crippen LogP contribution in [0.2, 0.25) is 0 Å². The third-order valence-electron chi connectivity index (χ3n) is 3.77. The highest BCUT2D eigenvalue weighted by Crippen LogP contribution is 2.25. The third-order valence-corrected chi connectivity index (χ3v) is 4.59. The van der Waals surface area contributed by atoms with Gasteiger partial charge in [-0.15, -0.1) is 0 Å². The van der Waals surface area contributed by atoms with Gasteiger partial charge in [0.25, 0.3) is 10.8 Å². The van der Waals surface area contributed by atoms with Crippen LogP contribution < -0.4 is 5.56 Å². The van der Waals surface area contributed by atoms with E-state index in [2.05, 4.69) is 9.97 Å². The van der Waals surface area contributed by atoms with Gasteiger partial charge < -0.3 is 4.42 Å². The van der Waals surface area contributed by atoms with Gasteiger partial charge in [-0.05, 0) is 24.3 Å². The van der Waals surface area contributed by atoms with Gasteiger partial charge in [-0.1, -0.05) is 36.0 Å². The lowest BCUT2D eigenvalue weighted by molar-refractivity contribution is 0.489. The Morgan fingerprint density at radius 2 is 1.84 bits per heavy atom. The van der Waals surface area contributed by atoms with E-state index in [1.54, 1.807) is 18.2 Å². The lowest BCUT2D eigenvalue weighted by Gasteiger charge is -2.09. The Labute approximate surface area is 146 Å². The van der Waals surface area contributed by atoms with Crippen molar-refractivity contribution < 1.29 is 4.42 Å². The largest absolute Gasteiger partial charge is 0.431 e. The van der Waals surface area contributed by atoms with Crippen LogP contribution in [-0.4, -0.2) is 14.5 Å². The molecule has 2 heterocycles. The van der Waals surface area contributed by atoms with E-state index in [0.29, 0.717) is 33.3 Å². The van der Waals surface area contributed by atoms with E-state index in [4.69, 9.17) is 9.68 Å². The van der Waals surface area contributed by atoms with Gasteiger partial charge in [0.05, 0.1) is 22.7 Å². The second-order valence-corrected chi connectivity index (χ2v) is 6.26. The molecule has 0 aliphatic heterocycles. The topological polar surface area (TPSA) is 84.7 Å². The zero-order valence-electron chi connectivity index (χ0n) is 13.0. The standard InChI is InChI=1S/C18H12N4O2S/c19-9-10-22-16(20-13-6-2-1-5-12(13)17(22)23)11-25-18-21-14-7-3-4-8-15(14)24-18/h1-8H,10-11H2. The number of para-hydroxylation sites is 3. The molecule has 6 nitrogen and oxygen atoms in total. The quantitative estimate of drug-likeness (QED) is 0.526. The summed E-state index contributed by atoms with van der Waals surface area (Å²) in [4.78, 5) is 21.6. The summed E-state index contributed by atoms with van der Waals surface area (Å²) in [6.45, 7) is -0.0415. The molecule has 0 bridgehead atoms. The number of thioether (sulfide) groups is 1. The average molecular weight is 348 g/mol. The van der Waals surface area contributed by atoms with Gasteiger partial charge in [0.1, 0.15) is 17.9 Å². The molecule has 2 aromatic heterocycles. The monoisotopic (exact) mass is 348 g/mol. The molecule has 0 amide bonds. The predicted molar refractivity (Wildman–Crippen MR) is 95.2 cm³/mol. The lowest BCUT2D eigenvalue weighted by atomic mass is 10.2. The number of hydrogen-bond acceptors (Lipinski definition) is 6. The van der Waals surface area contributed by atoms with Crippen LogP contribution in [0.25, 0.3) is 22.0 Å². The van der Waals surface area contributed by atoms with Crippen LogP contribution in [-0.2, 0) is 12.3 Å². The molecule has 0 saturated heterocycles. The maximum atomic E-state index is 12.6. The highest BCUT2D eigenvalue weighted by molar-refractivity contribution is 7.98. The molecule has 25 heavy (non-hydrogen) atoms. The van der Waals surface area contributed by atoms with Crippen molar-refractivity contribution in [2.24, 2.45) is 0 Å². The number of fused-ring (bicyclic) bond motifs is 2. The number of nitriles is 1. The molecule has 0 fully saturated rings. The first kappa shape index (κ1) is 15.4. The molecular formula is C18H12N4O2S. The minimum atomic E-state index is -0.208. The van der Waals surface area contributed by atoms with E-state index < -0.39 is 0 Å². The van der Waals surface area contributed by atoms with Gasteiger partial charge in [-0.25, -0.2) is 9.97 Å². The van der Waals surface area contributed by atoms with E-state index in [-0.39, 0.29) is 12.1 Å². The molecule has 0 atom stereocenters. The van der Waals surface area contributed by atoms with Gasteiger partial charge in [-0.3, -0.25) is 9.36 Å². The zero-order chi connectivity index (χ0) is 17.2. The van der Waals surface area contributed by atoms with E-state index in [1.807, 2.05) is 36.4 Å². The Morgan fingerprint density at radius 3 is 2.64 bits per heavy atom. The summed E-state index contributed by atoms with van der Waals surface area (Å²) in [7, 11) is 0. The molecule has 0 radical (unpaired) electrons. The molecule has 122 valence electrons. The minimum Gasteiger partial charge on any atom is -0.431 e. The summed E-state index contributed by atoms with van der Waals surface area (Å²) in [5.74, 6) is 0.909. The van der Waals surface area contributed by atoms with E-state index >= 15 is 0 Å². The molecule has 0 saturated carbocycles. The fraction of sp³-hybridized carbons (Fsp3) is 0.111. The molecule has 0 aliphatic carbocycles. The van der Waals surface area contributed by atoms with Gasteiger partial charge in [0.15, 0.2) is 5.58 Å². The minimum absolute atomic E-state index is 0.0415. The van der Waals surface area contributed by atoms with Crippen molar-refractivity contribution in [3.05, 3.63) is 64.7 Å². The van der Waals surface area contributed by atoms with Crippen molar-refractivity contribution in [2.75, 3.05) is 0 Å². The summed E-state index contributed by atoms with van der Waals surface area (Å²) < 4.78 is 7.08. The van der Waals surface area contributed by atoms with E-state index in [0.717, 1.165) is 5.52 Å². The molecular weight excluding hydrogens is 336 g/mol. The number of benzene rings is 2. The Hall–Kier alpha value is -3.11. The summed E-state index contributed by atoms with van der Waals surface area (Å²) in [5, 5.41) is 10.1. The average Bonchev–Trinajstić information content (AvgIpc) is 3.06. The maximum Gasteiger partial charge on any atom is 0.262 e. The van der Waals surface area contributed by atoms with Crippen molar-refractivity contribution in [3.63, 3.8) is 0 Å². The van der Waals surface area contributed by atoms with Gasteiger partial charge in [0.2, 0.25) is 0 Å². The fourth-order valence-corrected chi connectivity index (χ4v) is 3.38. The van der Waals surface area contributed by atoms with Crippen molar-refractivity contribution >= 4 is 33.8 Å². The van der Waals surface area contributed by atoms with Crippen molar-refractivity contribution in [1.82, 2.24) is 14.5 Å². The van der Waals surface area contributed by atoms with Crippen LogP contribution in [0.15, 0.2) is 63.0 Å².